The van der Waals surface area contributed by atoms with Gasteiger partial charge in [0.25, 0.3) is 0 Å². The summed E-state index contributed by atoms with van der Waals surface area (Å²) in [7, 11) is 0. The van der Waals surface area contributed by atoms with Crippen molar-refractivity contribution in [3.05, 3.63) is 35.6 Å². The van der Waals surface area contributed by atoms with Gasteiger partial charge in [0.1, 0.15) is 11.9 Å². The van der Waals surface area contributed by atoms with Gasteiger partial charge in [0.15, 0.2) is 0 Å². The number of hydrogen-bond donors (Lipinski definition) is 1. The lowest BCUT2D eigenvalue weighted by Crippen LogP contribution is -2.39. The third kappa shape index (κ3) is 2.70. The first-order valence-electron chi connectivity index (χ1n) is 3.97. The van der Waals surface area contributed by atoms with Crippen LogP contribution >= 0.6 is 0 Å². The molecule has 14 heavy (non-hydrogen) atoms. The third-order valence-electron chi connectivity index (χ3n) is 1.82. The normalized spacial score (nSPS) is 14.1. The maximum atomic E-state index is 12.9. The molecule has 1 nitrogen and oxygen atoms in total. The van der Waals surface area contributed by atoms with E-state index in [1.165, 1.54) is 18.2 Å². The van der Waals surface area contributed by atoms with Crippen LogP contribution in [0.25, 0.3) is 0 Å². The molecule has 1 aromatic carbocycles. The molecule has 1 atom stereocenters. The van der Waals surface area contributed by atoms with Crippen molar-refractivity contribution in [3.63, 3.8) is 0 Å². The number of hydrogen-bond acceptors (Lipinski definition) is 1. The Morgan fingerprint density at radius 2 is 1.79 bits per heavy atom. The number of rotatable bonds is 2. The largest absolute Gasteiger partial charge is 0.403 e. The Balaban J connectivity index is 2.75. The van der Waals surface area contributed by atoms with Crippen LogP contribution in [0.2, 0.25) is 0 Å². The van der Waals surface area contributed by atoms with E-state index in [1.807, 2.05) is 0 Å². The van der Waals surface area contributed by atoms with Gasteiger partial charge in [0, 0.05) is 0 Å². The minimum absolute atomic E-state index is 0.0164. The fraction of sp³-hybridized carbons (Fsp3) is 0.333. The molecule has 0 aromatic heterocycles. The van der Waals surface area contributed by atoms with Crippen molar-refractivity contribution in [1.29, 1.82) is 0 Å². The van der Waals surface area contributed by atoms with E-state index >= 15 is 0 Å². The first kappa shape index (κ1) is 11.0. The lowest BCUT2D eigenvalue weighted by atomic mass is 10.1. The van der Waals surface area contributed by atoms with Gasteiger partial charge in [-0.2, -0.15) is 13.2 Å². The highest BCUT2D eigenvalue weighted by Gasteiger charge is 2.36. The second-order valence-corrected chi connectivity index (χ2v) is 2.94. The highest BCUT2D eigenvalue weighted by molar-refractivity contribution is 5.18. The van der Waals surface area contributed by atoms with E-state index in [2.05, 4.69) is 0 Å². The summed E-state index contributed by atoms with van der Waals surface area (Å²) in [6.45, 7) is 0. The predicted molar refractivity (Wildman–Crippen MR) is 44.1 cm³/mol. The Morgan fingerprint density at radius 1 is 1.21 bits per heavy atom. The molecule has 0 heterocycles. The van der Waals surface area contributed by atoms with Crippen LogP contribution in [0.4, 0.5) is 17.6 Å². The zero-order valence-electron chi connectivity index (χ0n) is 7.18. The predicted octanol–water partition coefficient (Wildman–Crippen LogP) is 2.26. The quantitative estimate of drug-likeness (QED) is 0.739. The monoisotopic (exact) mass is 207 g/mol. The first-order chi connectivity index (χ1) is 6.41. The number of halogens is 4. The molecule has 0 bridgehead atoms. The minimum Gasteiger partial charge on any atom is -0.320 e. The van der Waals surface area contributed by atoms with Crippen molar-refractivity contribution < 1.29 is 17.6 Å². The number of nitrogens with two attached hydrogens (primary N) is 1. The van der Waals surface area contributed by atoms with Crippen molar-refractivity contribution in [2.75, 3.05) is 0 Å². The minimum atomic E-state index is -4.48. The Morgan fingerprint density at radius 3 is 2.29 bits per heavy atom. The zero-order chi connectivity index (χ0) is 10.8. The van der Waals surface area contributed by atoms with Gasteiger partial charge in [-0.15, -0.1) is 0 Å². The second-order valence-electron chi connectivity index (χ2n) is 2.94. The Labute approximate surface area is 78.5 Å². The van der Waals surface area contributed by atoms with Crippen LogP contribution in [0.1, 0.15) is 5.56 Å². The van der Waals surface area contributed by atoms with Gasteiger partial charge in [-0.3, -0.25) is 0 Å². The summed E-state index contributed by atoms with van der Waals surface area (Å²) >= 11 is 0. The van der Waals surface area contributed by atoms with Gasteiger partial charge >= 0.3 is 6.18 Å². The van der Waals surface area contributed by atoms with E-state index < -0.39 is 24.5 Å². The standard InChI is InChI=1S/C9H9F4N/c10-7-4-2-1-3-6(7)5-8(14)9(11,12)13/h1-4,8H,5,14H2. The molecular formula is C9H9F4N. The molecule has 0 spiro atoms. The van der Waals surface area contributed by atoms with Crippen LogP contribution in [-0.2, 0) is 6.42 Å². The lowest BCUT2D eigenvalue weighted by molar-refractivity contribution is -0.147. The van der Waals surface area contributed by atoms with Gasteiger partial charge in [-0.25, -0.2) is 4.39 Å². The van der Waals surface area contributed by atoms with Crippen molar-refractivity contribution in [2.45, 2.75) is 18.6 Å². The maximum Gasteiger partial charge on any atom is 0.403 e. The van der Waals surface area contributed by atoms with E-state index in [9.17, 15) is 17.6 Å². The topological polar surface area (TPSA) is 26.0 Å². The van der Waals surface area contributed by atoms with Gasteiger partial charge in [0.2, 0.25) is 0 Å². The highest BCUT2D eigenvalue weighted by atomic mass is 19.4. The summed E-state index contributed by atoms with van der Waals surface area (Å²) in [6, 6.07) is 3.28. The summed E-state index contributed by atoms with van der Waals surface area (Å²) in [5.41, 5.74) is 4.84. The smallest absolute Gasteiger partial charge is 0.320 e. The van der Waals surface area contributed by atoms with Crippen LogP contribution in [0.5, 0.6) is 0 Å². The summed E-state index contributed by atoms with van der Waals surface area (Å²) in [6.07, 6.45) is -5.02. The molecule has 0 saturated carbocycles. The summed E-state index contributed by atoms with van der Waals surface area (Å²) in [4.78, 5) is 0. The van der Waals surface area contributed by atoms with Crippen molar-refractivity contribution in [1.82, 2.24) is 0 Å². The van der Waals surface area contributed by atoms with Gasteiger partial charge in [-0.1, -0.05) is 18.2 Å². The average Bonchev–Trinajstić information content (AvgIpc) is 2.07. The molecule has 0 aliphatic heterocycles. The van der Waals surface area contributed by atoms with E-state index in [1.54, 1.807) is 0 Å². The Bertz CT molecular complexity index is 308. The fourth-order valence-corrected chi connectivity index (χ4v) is 1.02. The van der Waals surface area contributed by atoms with E-state index in [0.717, 1.165) is 6.07 Å². The molecule has 5 heteroatoms. The Hall–Kier alpha value is -1.10. The molecule has 1 rings (SSSR count). The SMILES string of the molecule is NC(Cc1ccccc1F)C(F)(F)F. The molecule has 0 amide bonds. The number of benzene rings is 1. The van der Waals surface area contributed by atoms with E-state index in [-0.39, 0.29) is 5.56 Å². The summed E-state index contributed by atoms with van der Waals surface area (Å²) < 4.78 is 49.0. The molecule has 0 aliphatic carbocycles. The zero-order valence-corrected chi connectivity index (χ0v) is 7.18. The number of alkyl halides is 3. The molecule has 2 N–H and O–H groups in total. The lowest BCUT2D eigenvalue weighted by Gasteiger charge is -2.15. The van der Waals surface area contributed by atoms with Crippen LogP contribution < -0.4 is 5.73 Å². The molecule has 0 saturated heterocycles. The first-order valence-corrected chi connectivity index (χ1v) is 3.97. The van der Waals surface area contributed by atoms with Gasteiger partial charge in [-0.05, 0) is 18.1 Å². The maximum absolute atomic E-state index is 12.9. The average molecular weight is 207 g/mol. The van der Waals surface area contributed by atoms with E-state index in [4.69, 9.17) is 5.73 Å². The second kappa shape index (κ2) is 3.96. The van der Waals surface area contributed by atoms with Crippen molar-refractivity contribution >= 4 is 0 Å². The van der Waals surface area contributed by atoms with Crippen LogP contribution in [0, 0.1) is 5.82 Å². The molecule has 78 valence electrons. The third-order valence-corrected chi connectivity index (χ3v) is 1.82. The van der Waals surface area contributed by atoms with Gasteiger partial charge in [0.05, 0.1) is 0 Å². The molecule has 1 unspecified atom stereocenters. The highest BCUT2D eigenvalue weighted by Crippen LogP contribution is 2.22. The van der Waals surface area contributed by atoms with Crippen molar-refractivity contribution in [2.24, 2.45) is 5.73 Å². The summed E-state index contributed by atoms with van der Waals surface area (Å²) in [5.74, 6) is -0.660. The molecule has 0 aliphatic rings. The fourth-order valence-electron chi connectivity index (χ4n) is 1.02. The molecule has 0 radical (unpaired) electrons. The molecule has 1 aromatic rings. The van der Waals surface area contributed by atoms with Gasteiger partial charge < -0.3 is 5.73 Å². The molecular weight excluding hydrogens is 198 g/mol. The van der Waals surface area contributed by atoms with E-state index in [0.29, 0.717) is 0 Å². The van der Waals surface area contributed by atoms with Crippen LogP contribution in [-0.4, -0.2) is 12.2 Å². The van der Waals surface area contributed by atoms with Crippen molar-refractivity contribution in [3.8, 4) is 0 Å². The van der Waals surface area contributed by atoms with Crippen LogP contribution in [0.15, 0.2) is 24.3 Å². The molecule has 0 fully saturated rings. The summed E-state index contributed by atoms with van der Waals surface area (Å²) in [5, 5.41) is 0. The Kier molecular flexibility index (Phi) is 3.10. The van der Waals surface area contributed by atoms with Crippen LogP contribution in [0.3, 0.4) is 0 Å².